The zero-order valence-corrected chi connectivity index (χ0v) is 12.8. The van der Waals surface area contributed by atoms with Gasteiger partial charge in [0.1, 0.15) is 6.17 Å². The van der Waals surface area contributed by atoms with Crippen LogP contribution in [0.4, 0.5) is 0 Å². The van der Waals surface area contributed by atoms with Crippen LogP contribution in [0.3, 0.4) is 0 Å². The first kappa shape index (κ1) is 14.8. The molecule has 118 valence electrons. The Balaban J connectivity index is 2.15. The van der Waals surface area contributed by atoms with E-state index in [0.29, 0.717) is 12.8 Å². The van der Waals surface area contributed by atoms with Crippen molar-refractivity contribution in [1.29, 1.82) is 0 Å². The van der Waals surface area contributed by atoms with Crippen LogP contribution in [0.25, 0.3) is 0 Å². The summed E-state index contributed by atoms with van der Waals surface area (Å²) < 4.78 is 1.53. The Morgan fingerprint density at radius 2 is 2.00 bits per heavy atom. The summed E-state index contributed by atoms with van der Waals surface area (Å²) in [4.78, 5) is 39.5. The van der Waals surface area contributed by atoms with Crippen LogP contribution < -0.4 is 5.43 Å². The fraction of sp³-hybridized carbons (Fsp3) is 0.533. The molecule has 2 atom stereocenters. The van der Waals surface area contributed by atoms with Crippen LogP contribution in [0.15, 0.2) is 11.0 Å². The van der Waals surface area contributed by atoms with Gasteiger partial charge in [0, 0.05) is 24.8 Å². The lowest BCUT2D eigenvalue weighted by Gasteiger charge is -2.38. The number of hydrogen-bond donors (Lipinski definition) is 1. The summed E-state index contributed by atoms with van der Waals surface area (Å²) >= 11 is 0. The molecule has 3 rings (SSSR count). The zero-order chi connectivity index (χ0) is 16.2. The molecule has 3 heterocycles. The fourth-order valence-electron chi connectivity index (χ4n) is 3.47. The van der Waals surface area contributed by atoms with Gasteiger partial charge in [0.25, 0.3) is 5.91 Å². The summed E-state index contributed by atoms with van der Waals surface area (Å²) in [6.45, 7) is 7.26. The Labute approximate surface area is 127 Å². The zero-order valence-electron chi connectivity index (χ0n) is 12.8. The van der Waals surface area contributed by atoms with Crippen LogP contribution in [0.1, 0.15) is 41.6 Å². The van der Waals surface area contributed by atoms with Gasteiger partial charge in [0.15, 0.2) is 17.7 Å². The van der Waals surface area contributed by atoms with E-state index in [1.54, 1.807) is 4.90 Å². The molecule has 1 aromatic rings. The third-order valence-corrected chi connectivity index (χ3v) is 4.52. The number of aromatic nitrogens is 1. The molecule has 1 aromatic heterocycles. The van der Waals surface area contributed by atoms with Crippen molar-refractivity contribution in [2.24, 2.45) is 0 Å². The van der Waals surface area contributed by atoms with Gasteiger partial charge in [0.05, 0.1) is 12.1 Å². The van der Waals surface area contributed by atoms with Crippen LogP contribution in [0.2, 0.25) is 0 Å². The third-order valence-electron chi connectivity index (χ3n) is 4.52. The van der Waals surface area contributed by atoms with E-state index in [-0.39, 0.29) is 35.4 Å². The minimum absolute atomic E-state index is 0.00824. The average molecular weight is 305 g/mol. The predicted octanol–water partition coefficient (Wildman–Crippen LogP) is 0.261. The quantitative estimate of drug-likeness (QED) is 0.793. The number of nitrogens with zero attached hydrogens (tertiary/aromatic N) is 3. The number of amides is 1. The van der Waals surface area contributed by atoms with Crippen molar-refractivity contribution < 1.29 is 14.7 Å². The van der Waals surface area contributed by atoms with Crippen molar-refractivity contribution in [2.75, 3.05) is 6.54 Å². The Bertz CT molecular complexity index is 709. The van der Waals surface area contributed by atoms with E-state index in [9.17, 15) is 19.5 Å². The number of carbonyl (C=O) groups is 2. The number of carbonyl (C=O) groups excluding carboxylic acids is 2. The van der Waals surface area contributed by atoms with Crippen molar-refractivity contribution in [3.8, 4) is 5.75 Å². The summed E-state index contributed by atoms with van der Waals surface area (Å²) in [7, 11) is 0. The minimum atomic E-state index is -0.791. The second kappa shape index (κ2) is 4.95. The van der Waals surface area contributed by atoms with E-state index in [4.69, 9.17) is 0 Å². The van der Waals surface area contributed by atoms with Crippen LogP contribution >= 0.6 is 0 Å². The van der Waals surface area contributed by atoms with Gasteiger partial charge in [0.2, 0.25) is 5.43 Å². The Hall–Kier alpha value is -2.15. The molecular weight excluding hydrogens is 286 g/mol. The molecule has 1 amide bonds. The first-order chi connectivity index (χ1) is 10.4. The molecule has 7 nitrogen and oxygen atoms in total. The average Bonchev–Trinajstić information content (AvgIpc) is 2.80. The predicted molar refractivity (Wildman–Crippen MR) is 79.0 cm³/mol. The molecular formula is C15H19N3O4. The molecule has 0 radical (unpaired) electrons. The van der Waals surface area contributed by atoms with Crippen LogP contribution in [0, 0.1) is 0 Å². The lowest BCUT2D eigenvalue weighted by Crippen LogP contribution is -2.53. The van der Waals surface area contributed by atoms with Crippen LogP contribution in [-0.4, -0.2) is 56.5 Å². The van der Waals surface area contributed by atoms with Crippen molar-refractivity contribution in [2.45, 2.75) is 45.6 Å². The molecule has 1 unspecified atom stereocenters. The maximum atomic E-state index is 12.7. The maximum absolute atomic E-state index is 12.7. The molecule has 2 aliphatic rings. The number of pyridine rings is 1. The van der Waals surface area contributed by atoms with Gasteiger partial charge in [-0.15, -0.1) is 0 Å². The number of hydrogen-bond acceptors (Lipinski definition) is 5. The normalized spacial score (nSPS) is 24.5. The SMILES string of the molecule is CC(C)N1C[C@@H](C)N2C(=O)c3c(O)c(=O)c(C=O)cn3CC12. The molecule has 1 N–H and O–H groups in total. The van der Waals surface area contributed by atoms with Gasteiger partial charge in [-0.25, -0.2) is 0 Å². The summed E-state index contributed by atoms with van der Waals surface area (Å²) in [5.41, 5.74) is -0.949. The monoisotopic (exact) mass is 305 g/mol. The summed E-state index contributed by atoms with van der Waals surface area (Å²) in [6, 6.07) is 0.277. The summed E-state index contributed by atoms with van der Waals surface area (Å²) in [6.07, 6.45) is 1.64. The van der Waals surface area contributed by atoms with Gasteiger partial charge in [-0.3, -0.25) is 19.3 Å². The van der Waals surface area contributed by atoms with Crippen LogP contribution in [0.5, 0.6) is 5.75 Å². The molecule has 0 aliphatic carbocycles. The highest BCUT2D eigenvalue weighted by molar-refractivity contribution is 5.97. The van der Waals surface area contributed by atoms with Gasteiger partial charge in [-0.05, 0) is 20.8 Å². The van der Waals surface area contributed by atoms with Crippen molar-refractivity contribution >= 4 is 12.2 Å². The van der Waals surface area contributed by atoms with E-state index in [0.717, 1.165) is 6.54 Å². The lowest BCUT2D eigenvalue weighted by molar-refractivity contribution is 0.0404. The van der Waals surface area contributed by atoms with E-state index < -0.39 is 11.2 Å². The molecule has 2 aliphatic heterocycles. The number of aromatic hydroxyl groups is 1. The standard InChI is InChI=1S/C15H19N3O4/c1-8(2)17-4-9(3)18-11(17)6-16-5-10(7-19)13(20)14(21)12(16)15(18)22/h5,7-9,11,21H,4,6H2,1-3H3/t9-,11?/m1/s1. The van der Waals surface area contributed by atoms with Crippen LogP contribution in [-0.2, 0) is 6.54 Å². The van der Waals surface area contributed by atoms with E-state index in [2.05, 4.69) is 18.7 Å². The topological polar surface area (TPSA) is 82.8 Å². The van der Waals surface area contributed by atoms with Crippen molar-refractivity contribution in [1.82, 2.24) is 14.4 Å². The second-order valence-corrected chi connectivity index (χ2v) is 6.21. The molecule has 0 saturated carbocycles. The minimum Gasteiger partial charge on any atom is -0.503 e. The third kappa shape index (κ3) is 1.89. The highest BCUT2D eigenvalue weighted by atomic mass is 16.3. The molecule has 0 aromatic carbocycles. The van der Waals surface area contributed by atoms with Gasteiger partial charge in [-0.1, -0.05) is 0 Å². The van der Waals surface area contributed by atoms with Gasteiger partial charge < -0.3 is 14.6 Å². The second-order valence-electron chi connectivity index (χ2n) is 6.21. The van der Waals surface area contributed by atoms with Gasteiger partial charge in [-0.2, -0.15) is 0 Å². The largest absolute Gasteiger partial charge is 0.503 e. The Morgan fingerprint density at radius 3 is 2.59 bits per heavy atom. The van der Waals surface area contributed by atoms with Gasteiger partial charge >= 0.3 is 0 Å². The Kier molecular flexibility index (Phi) is 3.32. The molecule has 0 spiro atoms. The first-order valence-electron chi connectivity index (χ1n) is 7.36. The number of rotatable bonds is 2. The molecule has 1 saturated heterocycles. The van der Waals surface area contributed by atoms with Crippen molar-refractivity contribution in [3.63, 3.8) is 0 Å². The number of fused-ring (bicyclic) bond motifs is 2. The first-order valence-corrected chi connectivity index (χ1v) is 7.36. The number of aldehydes is 1. The maximum Gasteiger partial charge on any atom is 0.276 e. The van der Waals surface area contributed by atoms with Crippen molar-refractivity contribution in [3.05, 3.63) is 27.7 Å². The van der Waals surface area contributed by atoms with E-state index in [1.165, 1.54) is 10.8 Å². The smallest absolute Gasteiger partial charge is 0.276 e. The Morgan fingerprint density at radius 1 is 1.32 bits per heavy atom. The molecule has 7 heteroatoms. The van der Waals surface area contributed by atoms with E-state index in [1.807, 2.05) is 6.92 Å². The highest BCUT2D eigenvalue weighted by Gasteiger charge is 2.46. The fourth-order valence-corrected chi connectivity index (χ4v) is 3.47. The summed E-state index contributed by atoms with van der Waals surface area (Å²) in [5, 5.41) is 10.1. The highest BCUT2D eigenvalue weighted by Crippen LogP contribution is 2.32. The van der Waals surface area contributed by atoms with E-state index >= 15 is 0 Å². The molecule has 22 heavy (non-hydrogen) atoms. The lowest BCUT2D eigenvalue weighted by atomic mass is 10.1. The molecule has 0 bridgehead atoms. The summed E-state index contributed by atoms with van der Waals surface area (Å²) in [5.74, 6) is -0.998. The molecule has 1 fully saturated rings.